The molecule has 0 radical (unpaired) electrons. The zero-order valence-electron chi connectivity index (χ0n) is 46.2. The van der Waals surface area contributed by atoms with E-state index in [-0.39, 0.29) is 44.6 Å². The van der Waals surface area contributed by atoms with Crippen LogP contribution in [0.15, 0.2) is 83.3 Å². The maximum absolute atomic E-state index is 7.75. The van der Waals surface area contributed by atoms with E-state index in [1.54, 1.807) is 5.56 Å². The monoisotopic (exact) mass is 941 g/mol. The molecular weight excluding hydrogens is 860 g/mol. The van der Waals surface area contributed by atoms with Crippen LogP contribution in [0.25, 0.3) is 11.0 Å². The molecule has 0 saturated heterocycles. The van der Waals surface area contributed by atoms with Crippen molar-refractivity contribution in [2.24, 2.45) is 17.8 Å². The molecule has 4 bridgehead atoms. The largest absolute Gasteiger partial charge is 0.468 e. The normalized spacial score (nSPS) is 26.0. The van der Waals surface area contributed by atoms with Gasteiger partial charge in [-0.15, -0.1) is 0 Å². The van der Waals surface area contributed by atoms with E-state index >= 15 is 0 Å². The van der Waals surface area contributed by atoms with E-state index in [9.17, 15) is 0 Å². The summed E-state index contributed by atoms with van der Waals surface area (Å²) < 4.78 is 7.75. The minimum absolute atomic E-state index is 0.0281. The topological polar surface area (TPSA) is 19.6 Å². The Labute approximate surface area is 427 Å². The standard InChI is InChI=1S/C67H81BN2O/c1-39-26-43(61(2,3)4)17-21-53(39)70-54-30-44(62(5,6)7)16-20-52(54)68-58-55(31-45(32-56(58)70)67-36-40-27-41(37-67)29-42(28-40)38-67)69(46-18-19-48-49(33-46)64(10,11)23-22-63(48,8)9)59-47-34-50-51(35-57(47)71-60(59)68)66(14,15)25-24-65(50,12)13/h16-21,26,30-35,40-42H,22-25,27-29,36-38H2,1-15H3. The summed E-state index contributed by atoms with van der Waals surface area (Å²) >= 11 is 0. The zero-order valence-corrected chi connectivity index (χ0v) is 46.2. The third kappa shape index (κ3) is 6.72. The number of benzene rings is 5. The molecule has 4 heteroatoms. The molecule has 0 amide bonds. The van der Waals surface area contributed by atoms with Gasteiger partial charge in [0, 0.05) is 33.8 Å². The Balaban J connectivity index is 1.17. The highest BCUT2D eigenvalue weighted by Crippen LogP contribution is 2.62. The van der Waals surface area contributed by atoms with Crippen molar-refractivity contribution < 1.29 is 4.42 Å². The molecule has 71 heavy (non-hydrogen) atoms. The van der Waals surface area contributed by atoms with Gasteiger partial charge in [0.15, 0.2) is 0 Å². The number of aryl methyl sites for hydroxylation is 1. The Morgan fingerprint density at radius 1 is 0.521 bits per heavy atom. The molecule has 4 fully saturated rings. The van der Waals surface area contributed by atoms with Gasteiger partial charge >= 0.3 is 0 Å². The van der Waals surface area contributed by atoms with E-state index in [0.29, 0.717) is 0 Å². The summed E-state index contributed by atoms with van der Waals surface area (Å²) in [5, 5.41) is 1.26. The summed E-state index contributed by atoms with van der Waals surface area (Å²) in [6.07, 6.45) is 13.0. The number of furan rings is 1. The molecule has 5 aromatic carbocycles. The van der Waals surface area contributed by atoms with Gasteiger partial charge in [-0.3, -0.25) is 0 Å². The predicted octanol–water partition coefficient (Wildman–Crippen LogP) is 16.6. The van der Waals surface area contributed by atoms with Crippen LogP contribution in [0.2, 0.25) is 0 Å². The summed E-state index contributed by atoms with van der Waals surface area (Å²) in [5.74, 6) is 2.51. The molecule has 3 nitrogen and oxygen atoms in total. The van der Waals surface area contributed by atoms with Crippen molar-refractivity contribution in [2.45, 2.75) is 206 Å². The van der Waals surface area contributed by atoms with Gasteiger partial charge in [0.2, 0.25) is 0 Å². The summed E-state index contributed by atoms with van der Waals surface area (Å²) in [4.78, 5) is 5.49. The maximum atomic E-state index is 7.75. The molecular formula is C67H81BN2O. The lowest BCUT2D eigenvalue weighted by molar-refractivity contribution is -0.00514. The van der Waals surface area contributed by atoms with Gasteiger partial charge in [-0.05, 0) is 231 Å². The van der Waals surface area contributed by atoms with Crippen LogP contribution in [0.3, 0.4) is 0 Å². The van der Waals surface area contributed by atoms with Gasteiger partial charge in [0.05, 0.1) is 11.3 Å². The fourth-order valence-electron chi connectivity index (χ4n) is 16.4. The first kappa shape index (κ1) is 46.1. The van der Waals surface area contributed by atoms with Crippen LogP contribution in [0.5, 0.6) is 0 Å². The van der Waals surface area contributed by atoms with E-state index in [1.165, 1.54) is 154 Å². The average molecular weight is 941 g/mol. The number of nitrogens with zero attached hydrogens (tertiary/aromatic N) is 2. The number of hydrogen-bond donors (Lipinski definition) is 0. The van der Waals surface area contributed by atoms with Gasteiger partial charge in [-0.2, -0.15) is 0 Å². The third-order valence-corrected chi connectivity index (χ3v) is 20.6. The van der Waals surface area contributed by atoms with E-state index in [0.717, 1.165) is 29.0 Å². The molecule has 3 heterocycles. The molecule has 4 saturated carbocycles. The zero-order chi connectivity index (χ0) is 49.9. The first-order valence-electron chi connectivity index (χ1n) is 28.0. The summed E-state index contributed by atoms with van der Waals surface area (Å²) in [6, 6.07) is 33.1. The highest BCUT2D eigenvalue weighted by molar-refractivity contribution is 7.00. The second kappa shape index (κ2) is 14.5. The van der Waals surface area contributed by atoms with E-state index < -0.39 is 0 Å². The highest BCUT2D eigenvalue weighted by Gasteiger charge is 2.54. The van der Waals surface area contributed by atoms with E-state index in [1.807, 2.05) is 0 Å². The third-order valence-electron chi connectivity index (χ3n) is 20.6. The molecule has 0 unspecified atom stereocenters. The van der Waals surface area contributed by atoms with Gasteiger partial charge < -0.3 is 14.2 Å². The van der Waals surface area contributed by atoms with Gasteiger partial charge in [-0.1, -0.05) is 127 Å². The molecule has 0 N–H and O–H groups in total. The Hall–Kier alpha value is -4.70. The summed E-state index contributed by atoms with van der Waals surface area (Å²) in [5.41, 5.74) is 24.8. The quantitative estimate of drug-likeness (QED) is 0.165. The fourth-order valence-corrected chi connectivity index (χ4v) is 16.4. The van der Waals surface area contributed by atoms with Gasteiger partial charge in [0.1, 0.15) is 5.58 Å². The molecule has 2 aliphatic heterocycles. The number of hydrogen-bond acceptors (Lipinski definition) is 3. The van der Waals surface area contributed by atoms with Crippen molar-refractivity contribution in [1.29, 1.82) is 0 Å². The van der Waals surface area contributed by atoms with Crippen LogP contribution >= 0.6 is 0 Å². The molecule has 1 aromatic heterocycles. The molecule has 6 aromatic rings. The minimum Gasteiger partial charge on any atom is -0.468 e. The van der Waals surface area contributed by atoms with Crippen molar-refractivity contribution in [2.75, 3.05) is 9.80 Å². The molecule has 0 atom stereocenters. The average Bonchev–Trinajstić information content (AvgIpc) is 3.66. The number of anilines is 6. The lowest BCUT2D eigenvalue weighted by atomic mass is 9.35. The molecule has 0 spiro atoms. The Bertz CT molecular complexity index is 3210. The molecule has 368 valence electrons. The Morgan fingerprint density at radius 3 is 1.62 bits per heavy atom. The maximum Gasteiger partial charge on any atom is 0.297 e. The summed E-state index contributed by atoms with van der Waals surface area (Å²) in [7, 11) is 0. The number of fused-ring (bicyclic) bond motifs is 8. The van der Waals surface area contributed by atoms with Crippen LogP contribution in [0.4, 0.5) is 34.1 Å². The molecule has 8 aliphatic rings. The van der Waals surface area contributed by atoms with Crippen LogP contribution in [0.1, 0.15) is 206 Å². The van der Waals surface area contributed by atoms with Crippen LogP contribution < -0.4 is 26.4 Å². The first-order valence-corrected chi connectivity index (χ1v) is 28.0. The van der Waals surface area contributed by atoms with E-state index in [2.05, 4.69) is 193 Å². The molecule has 14 rings (SSSR count). The second-order valence-corrected chi connectivity index (χ2v) is 29.5. The minimum atomic E-state index is -0.0791. The number of rotatable bonds is 3. The SMILES string of the molecule is Cc1cc(C(C)(C)C)ccc1N1c2cc(C(C)(C)C)ccc2B2c3oc4cc5c(cc4c3N(c3ccc4c(c3)C(C)(C)CCC4(C)C)c3cc(C46CC7CC(CC(C7)C4)C6)cc1c32)C(C)(C)CCC5(C)C. The first-order chi connectivity index (χ1) is 33.2. The smallest absolute Gasteiger partial charge is 0.297 e. The van der Waals surface area contributed by atoms with Crippen molar-refractivity contribution in [3.05, 3.63) is 123 Å². The Kier molecular flexibility index (Phi) is 9.44. The van der Waals surface area contributed by atoms with Crippen molar-refractivity contribution >= 4 is 68.4 Å². The summed E-state index contributed by atoms with van der Waals surface area (Å²) in [6.45, 7) is 36.3. The highest BCUT2D eigenvalue weighted by atomic mass is 16.3. The van der Waals surface area contributed by atoms with Crippen LogP contribution in [0, 0.1) is 24.7 Å². The van der Waals surface area contributed by atoms with Crippen LogP contribution in [-0.4, -0.2) is 6.71 Å². The second-order valence-electron chi connectivity index (χ2n) is 29.5. The Morgan fingerprint density at radius 2 is 1.04 bits per heavy atom. The van der Waals surface area contributed by atoms with E-state index in [4.69, 9.17) is 4.42 Å². The fraction of sp³-hybridized carbons (Fsp3) is 0.522. The van der Waals surface area contributed by atoms with Crippen molar-refractivity contribution in [1.82, 2.24) is 0 Å². The van der Waals surface area contributed by atoms with Crippen molar-refractivity contribution in [3.63, 3.8) is 0 Å². The predicted molar refractivity (Wildman–Crippen MR) is 303 cm³/mol. The van der Waals surface area contributed by atoms with Gasteiger partial charge in [-0.25, -0.2) is 0 Å². The lowest BCUT2D eigenvalue weighted by Crippen LogP contribution is -2.61. The van der Waals surface area contributed by atoms with Gasteiger partial charge in [0.25, 0.3) is 6.71 Å². The molecule has 6 aliphatic carbocycles. The van der Waals surface area contributed by atoms with Crippen LogP contribution in [-0.2, 0) is 37.9 Å². The lowest BCUT2D eigenvalue weighted by Gasteiger charge is -2.57. The van der Waals surface area contributed by atoms with Crippen molar-refractivity contribution in [3.8, 4) is 0 Å².